The maximum absolute atomic E-state index is 5.80. The molecule has 18 heavy (non-hydrogen) atoms. The molecule has 0 amide bonds. The molecular weight excluding hydrogens is 310 g/mol. The van der Waals surface area contributed by atoms with Crippen LogP contribution in [0.3, 0.4) is 0 Å². The lowest BCUT2D eigenvalue weighted by molar-refractivity contribution is 0.813. The maximum atomic E-state index is 5.80. The van der Waals surface area contributed by atoms with E-state index < -0.39 is 0 Å². The summed E-state index contributed by atoms with van der Waals surface area (Å²) in [6, 6.07) is 9.92. The quantitative estimate of drug-likeness (QED) is 0.866. The molecule has 0 radical (unpaired) electrons. The topological polar surface area (TPSA) is 51.8 Å². The highest BCUT2D eigenvalue weighted by Crippen LogP contribution is 2.28. The molecule has 94 valence electrons. The summed E-state index contributed by atoms with van der Waals surface area (Å²) in [4.78, 5) is 9.86. The maximum Gasteiger partial charge on any atom is 0.132 e. The van der Waals surface area contributed by atoms with Crippen LogP contribution >= 0.6 is 27.7 Å². The van der Waals surface area contributed by atoms with E-state index in [0.29, 0.717) is 5.82 Å². The highest BCUT2D eigenvalue weighted by atomic mass is 79.9. The molecule has 1 heterocycles. The Bertz CT molecular complexity index is 546. The number of anilines is 1. The minimum Gasteiger partial charge on any atom is -0.384 e. The van der Waals surface area contributed by atoms with Crippen molar-refractivity contribution < 1.29 is 0 Å². The third-order valence-electron chi connectivity index (χ3n) is 2.26. The normalized spacial score (nSPS) is 10.6. The van der Waals surface area contributed by atoms with Gasteiger partial charge in [-0.25, -0.2) is 9.97 Å². The molecule has 0 atom stereocenters. The fraction of sp³-hybridized carbons (Fsp3) is 0.231. The van der Waals surface area contributed by atoms with Crippen molar-refractivity contribution in [2.24, 2.45) is 0 Å². The summed E-state index contributed by atoms with van der Waals surface area (Å²) < 4.78 is 1.06. The van der Waals surface area contributed by atoms with Crippen molar-refractivity contribution in [3.05, 3.63) is 40.6 Å². The molecule has 1 aromatic heterocycles. The Morgan fingerprint density at radius 3 is 2.83 bits per heavy atom. The molecule has 0 aliphatic rings. The number of hydrogen-bond donors (Lipinski definition) is 1. The van der Waals surface area contributed by atoms with Crippen molar-refractivity contribution in [2.45, 2.75) is 29.7 Å². The highest BCUT2D eigenvalue weighted by Gasteiger charge is 2.04. The van der Waals surface area contributed by atoms with E-state index in [0.717, 1.165) is 33.1 Å². The van der Waals surface area contributed by atoms with Crippen LogP contribution in [0.25, 0.3) is 0 Å². The average molecular weight is 324 g/mol. The van der Waals surface area contributed by atoms with Crippen molar-refractivity contribution in [3.63, 3.8) is 0 Å². The first-order chi connectivity index (χ1) is 8.67. The van der Waals surface area contributed by atoms with Crippen molar-refractivity contribution >= 4 is 33.5 Å². The lowest BCUT2D eigenvalue weighted by Crippen LogP contribution is -2.00. The SMILES string of the molecule is CCCc1nc(N)cc(Sc2cccc(Br)c2)n1. The van der Waals surface area contributed by atoms with Gasteiger partial charge in [0.05, 0.1) is 0 Å². The lowest BCUT2D eigenvalue weighted by atomic mass is 10.3. The van der Waals surface area contributed by atoms with Crippen LogP contribution in [-0.2, 0) is 6.42 Å². The molecule has 5 heteroatoms. The van der Waals surface area contributed by atoms with Gasteiger partial charge in [0, 0.05) is 21.9 Å². The van der Waals surface area contributed by atoms with E-state index in [9.17, 15) is 0 Å². The van der Waals surface area contributed by atoms with Gasteiger partial charge in [0.25, 0.3) is 0 Å². The second-order valence-electron chi connectivity index (χ2n) is 3.86. The number of nitrogens with two attached hydrogens (primary N) is 1. The van der Waals surface area contributed by atoms with Gasteiger partial charge in [-0.1, -0.05) is 40.7 Å². The summed E-state index contributed by atoms with van der Waals surface area (Å²) in [7, 11) is 0. The van der Waals surface area contributed by atoms with E-state index in [-0.39, 0.29) is 0 Å². The van der Waals surface area contributed by atoms with Crippen molar-refractivity contribution in [3.8, 4) is 0 Å². The zero-order chi connectivity index (χ0) is 13.0. The Morgan fingerprint density at radius 1 is 1.28 bits per heavy atom. The van der Waals surface area contributed by atoms with E-state index in [2.05, 4.69) is 38.9 Å². The van der Waals surface area contributed by atoms with Crippen molar-refractivity contribution in [1.82, 2.24) is 9.97 Å². The second kappa shape index (κ2) is 6.20. The summed E-state index contributed by atoms with van der Waals surface area (Å²) in [5, 5.41) is 0.893. The summed E-state index contributed by atoms with van der Waals surface area (Å²) in [5.74, 6) is 1.35. The first-order valence-corrected chi connectivity index (χ1v) is 7.35. The molecule has 0 unspecified atom stereocenters. The lowest BCUT2D eigenvalue weighted by Gasteiger charge is -2.05. The smallest absolute Gasteiger partial charge is 0.132 e. The molecule has 0 fully saturated rings. The summed E-state index contributed by atoms with van der Waals surface area (Å²) in [6.07, 6.45) is 1.88. The number of hydrogen-bond acceptors (Lipinski definition) is 4. The number of nitrogens with zero attached hydrogens (tertiary/aromatic N) is 2. The van der Waals surface area contributed by atoms with Crippen LogP contribution in [0.1, 0.15) is 19.2 Å². The third-order valence-corrected chi connectivity index (χ3v) is 3.66. The van der Waals surface area contributed by atoms with Gasteiger partial charge in [-0.2, -0.15) is 0 Å². The van der Waals surface area contributed by atoms with Gasteiger partial charge < -0.3 is 5.73 Å². The van der Waals surface area contributed by atoms with Crippen LogP contribution in [0, 0.1) is 0 Å². The van der Waals surface area contributed by atoms with Crippen LogP contribution in [0.4, 0.5) is 5.82 Å². The Kier molecular flexibility index (Phi) is 4.60. The Labute approximate surface area is 119 Å². The molecule has 3 nitrogen and oxygen atoms in total. The van der Waals surface area contributed by atoms with Crippen molar-refractivity contribution in [2.75, 3.05) is 5.73 Å². The molecule has 0 aliphatic heterocycles. The van der Waals surface area contributed by atoms with Crippen LogP contribution in [0.2, 0.25) is 0 Å². The van der Waals surface area contributed by atoms with Crippen LogP contribution in [-0.4, -0.2) is 9.97 Å². The molecule has 0 bridgehead atoms. The molecule has 1 aromatic carbocycles. The van der Waals surface area contributed by atoms with Gasteiger partial charge in [0.2, 0.25) is 0 Å². The number of rotatable bonds is 4. The molecule has 2 aromatic rings. The van der Waals surface area contributed by atoms with E-state index >= 15 is 0 Å². The largest absolute Gasteiger partial charge is 0.384 e. The highest BCUT2D eigenvalue weighted by molar-refractivity contribution is 9.10. The zero-order valence-electron chi connectivity index (χ0n) is 10.1. The van der Waals surface area contributed by atoms with Gasteiger partial charge in [-0.15, -0.1) is 0 Å². The number of aromatic nitrogens is 2. The molecule has 2 N–H and O–H groups in total. The van der Waals surface area contributed by atoms with E-state index in [4.69, 9.17) is 5.73 Å². The number of nitrogen functional groups attached to an aromatic ring is 1. The molecular formula is C13H14BrN3S. The standard InChI is InChI=1S/C13H14BrN3S/c1-2-4-12-16-11(15)8-13(17-12)18-10-6-3-5-9(14)7-10/h3,5-8H,2,4H2,1H3,(H2,15,16,17). The van der Waals surface area contributed by atoms with Crippen LogP contribution in [0.5, 0.6) is 0 Å². The van der Waals surface area contributed by atoms with Gasteiger partial charge in [0.1, 0.15) is 16.7 Å². The second-order valence-corrected chi connectivity index (χ2v) is 5.87. The fourth-order valence-electron chi connectivity index (χ4n) is 1.53. The number of aryl methyl sites for hydroxylation is 1. The Hall–Kier alpha value is -1.07. The predicted molar refractivity (Wildman–Crippen MR) is 78.7 cm³/mol. The summed E-state index contributed by atoms with van der Waals surface area (Å²) in [5.41, 5.74) is 5.80. The summed E-state index contributed by atoms with van der Waals surface area (Å²) >= 11 is 5.05. The monoisotopic (exact) mass is 323 g/mol. The minimum absolute atomic E-state index is 0.533. The van der Waals surface area contributed by atoms with Gasteiger partial charge in [0.15, 0.2) is 0 Å². The third kappa shape index (κ3) is 3.71. The van der Waals surface area contributed by atoms with E-state index in [1.165, 1.54) is 0 Å². The van der Waals surface area contributed by atoms with Gasteiger partial charge in [-0.05, 0) is 24.6 Å². The van der Waals surface area contributed by atoms with E-state index in [1.807, 2.05) is 24.3 Å². The molecule has 0 saturated carbocycles. The number of benzene rings is 1. The minimum atomic E-state index is 0.533. The van der Waals surface area contributed by atoms with Gasteiger partial charge >= 0.3 is 0 Å². The zero-order valence-corrected chi connectivity index (χ0v) is 12.5. The fourth-order valence-corrected chi connectivity index (χ4v) is 2.99. The van der Waals surface area contributed by atoms with Gasteiger partial charge in [-0.3, -0.25) is 0 Å². The molecule has 0 saturated heterocycles. The summed E-state index contributed by atoms with van der Waals surface area (Å²) in [6.45, 7) is 2.10. The van der Waals surface area contributed by atoms with E-state index in [1.54, 1.807) is 11.8 Å². The molecule has 0 aliphatic carbocycles. The predicted octanol–water partition coefficient (Wildman–Crippen LogP) is 3.93. The molecule has 0 spiro atoms. The number of halogens is 1. The average Bonchev–Trinajstić information content (AvgIpc) is 2.28. The van der Waals surface area contributed by atoms with Crippen LogP contribution < -0.4 is 5.73 Å². The van der Waals surface area contributed by atoms with Crippen molar-refractivity contribution in [1.29, 1.82) is 0 Å². The Balaban J connectivity index is 2.23. The first-order valence-electron chi connectivity index (χ1n) is 5.74. The van der Waals surface area contributed by atoms with Crippen LogP contribution in [0.15, 0.2) is 44.7 Å². The Morgan fingerprint density at radius 2 is 2.11 bits per heavy atom. The molecule has 2 rings (SSSR count). The first kappa shape index (κ1) is 13.4.